The third-order valence-electron chi connectivity index (χ3n) is 4.90. The van der Waals surface area contributed by atoms with Gasteiger partial charge in [-0.15, -0.1) is 0 Å². The van der Waals surface area contributed by atoms with E-state index in [0.717, 1.165) is 16.9 Å². The number of nitrogens with one attached hydrogen (secondary N) is 2. The Labute approximate surface area is 190 Å². The molecule has 2 amide bonds. The minimum atomic E-state index is -4.66. The lowest BCUT2D eigenvalue weighted by atomic mass is 10.2. The Kier molecular flexibility index (Phi) is 5.94. The molecule has 170 valence electrons. The molecule has 0 saturated heterocycles. The van der Waals surface area contributed by atoms with Crippen molar-refractivity contribution >= 4 is 40.0 Å². The monoisotopic (exact) mass is 477 g/mol. The summed E-state index contributed by atoms with van der Waals surface area (Å²) in [5, 5.41) is 4.90. The van der Waals surface area contributed by atoms with E-state index in [2.05, 4.69) is 20.6 Å². The molecule has 4 rings (SSSR count). The van der Waals surface area contributed by atoms with E-state index in [1.54, 1.807) is 36.5 Å². The van der Waals surface area contributed by atoms with Gasteiger partial charge in [0.05, 0.1) is 16.8 Å². The number of anilines is 2. The Morgan fingerprint density at radius 1 is 1.09 bits per heavy atom. The van der Waals surface area contributed by atoms with Gasteiger partial charge in [-0.25, -0.2) is 19.2 Å². The molecule has 0 unspecified atom stereocenters. The summed E-state index contributed by atoms with van der Waals surface area (Å²) in [7, 11) is 0. The molecule has 11 heteroatoms. The number of hydrogen-bond donors (Lipinski definition) is 2. The second-order valence-corrected chi connectivity index (χ2v) is 7.54. The van der Waals surface area contributed by atoms with E-state index in [1.165, 1.54) is 0 Å². The van der Waals surface area contributed by atoms with Crippen molar-refractivity contribution in [3.8, 4) is 0 Å². The first-order valence-electron chi connectivity index (χ1n) is 9.63. The number of rotatable bonds is 4. The van der Waals surface area contributed by atoms with Gasteiger partial charge in [-0.3, -0.25) is 0 Å². The van der Waals surface area contributed by atoms with E-state index >= 15 is 0 Å². The van der Waals surface area contributed by atoms with Crippen LogP contribution < -0.4 is 10.6 Å². The highest BCUT2D eigenvalue weighted by atomic mass is 35.5. The number of urea groups is 1. The molecule has 0 aliphatic heterocycles. The van der Waals surface area contributed by atoms with E-state index in [-0.39, 0.29) is 0 Å². The average Bonchev–Trinajstić information content (AvgIpc) is 3.06. The normalized spacial score (nSPS) is 11.6. The predicted octanol–water partition coefficient (Wildman–Crippen LogP) is 6.24. The number of alkyl halides is 3. The lowest BCUT2D eigenvalue weighted by Gasteiger charge is -2.12. The van der Waals surface area contributed by atoms with Crippen molar-refractivity contribution in [1.82, 2.24) is 14.5 Å². The predicted molar refractivity (Wildman–Crippen MR) is 117 cm³/mol. The van der Waals surface area contributed by atoms with Gasteiger partial charge < -0.3 is 15.2 Å². The third-order valence-corrected chi connectivity index (χ3v) is 5.17. The van der Waals surface area contributed by atoms with Crippen molar-refractivity contribution in [2.75, 3.05) is 10.6 Å². The Morgan fingerprint density at radius 2 is 1.82 bits per heavy atom. The van der Waals surface area contributed by atoms with Gasteiger partial charge in [0.15, 0.2) is 5.15 Å². The number of amides is 2. The van der Waals surface area contributed by atoms with Crippen LogP contribution in [0.1, 0.15) is 17.0 Å². The standard InChI is InChI=1S/C22H16ClF4N5O/c1-12-29-17-8-9-28-20(23)19(17)32(12)11-13-2-5-15(6-3-13)30-21(33)31-18-10-14(22(25,26)27)4-7-16(18)24/h2-10H,11H2,1H3,(H2,30,31,33). The number of halogens is 5. The van der Waals surface area contributed by atoms with Crippen LogP contribution in [0.15, 0.2) is 54.7 Å². The van der Waals surface area contributed by atoms with Crippen molar-refractivity contribution in [2.45, 2.75) is 19.6 Å². The molecule has 33 heavy (non-hydrogen) atoms. The van der Waals surface area contributed by atoms with Crippen LogP contribution in [0.3, 0.4) is 0 Å². The molecule has 0 aliphatic rings. The van der Waals surface area contributed by atoms with Crippen molar-refractivity contribution < 1.29 is 22.4 Å². The second-order valence-electron chi connectivity index (χ2n) is 7.18. The molecular formula is C22H16ClF4N5O. The molecule has 2 heterocycles. The van der Waals surface area contributed by atoms with Gasteiger partial charge in [0.1, 0.15) is 17.2 Å². The van der Waals surface area contributed by atoms with Crippen LogP contribution >= 0.6 is 11.6 Å². The van der Waals surface area contributed by atoms with Crippen LogP contribution in [0.2, 0.25) is 5.15 Å². The molecule has 0 spiro atoms. The number of carbonyl (C=O) groups is 1. The largest absolute Gasteiger partial charge is 0.416 e. The molecule has 0 bridgehead atoms. The highest BCUT2D eigenvalue weighted by Gasteiger charge is 2.31. The fraction of sp³-hybridized carbons (Fsp3) is 0.136. The maximum atomic E-state index is 13.8. The van der Waals surface area contributed by atoms with Gasteiger partial charge >= 0.3 is 12.2 Å². The molecule has 6 nitrogen and oxygen atoms in total. The molecule has 2 aromatic carbocycles. The highest BCUT2D eigenvalue weighted by molar-refractivity contribution is 6.33. The topological polar surface area (TPSA) is 71.8 Å². The van der Waals surface area contributed by atoms with E-state index in [9.17, 15) is 22.4 Å². The van der Waals surface area contributed by atoms with Crippen LogP contribution in [0.5, 0.6) is 0 Å². The first kappa shape index (κ1) is 22.5. The summed E-state index contributed by atoms with van der Waals surface area (Å²) in [4.78, 5) is 20.7. The van der Waals surface area contributed by atoms with Gasteiger partial charge in [-0.2, -0.15) is 13.2 Å². The zero-order chi connectivity index (χ0) is 23.8. The Balaban J connectivity index is 1.46. The quantitative estimate of drug-likeness (QED) is 0.270. The number of pyridine rings is 1. The Bertz CT molecular complexity index is 1340. The summed E-state index contributed by atoms with van der Waals surface area (Å²) in [5.41, 5.74) is 1.04. The van der Waals surface area contributed by atoms with Crippen LogP contribution in [0.4, 0.5) is 33.7 Å². The van der Waals surface area contributed by atoms with E-state index in [0.29, 0.717) is 41.1 Å². The van der Waals surface area contributed by atoms with E-state index in [1.807, 2.05) is 11.5 Å². The molecular weight excluding hydrogens is 462 g/mol. The molecule has 4 aromatic rings. The number of nitrogens with zero attached hydrogens (tertiary/aromatic N) is 3. The number of aryl methyl sites for hydroxylation is 1. The molecule has 0 fully saturated rings. The lowest BCUT2D eigenvalue weighted by molar-refractivity contribution is -0.137. The number of fused-ring (bicyclic) bond motifs is 1. The number of aromatic nitrogens is 3. The van der Waals surface area contributed by atoms with Gasteiger partial charge in [-0.05, 0) is 48.9 Å². The summed E-state index contributed by atoms with van der Waals surface area (Å²) in [6, 6.07) is 9.43. The lowest BCUT2D eigenvalue weighted by Crippen LogP contribution is -2.20. The zero-order valence-electron chi connectivity index (χ0n) is 17.0. The Morgan fingerprint density at radius 3 is 2.52 bits per heavy atom. The van der Waals surface area contributed by atoms with Crippen molar-refractivity contribution in [3.05, 3.63) is 82.6 Å². The number of carbonyl (C=O) groups excluding carboxylic acids is 1. The van der Waals surface area contributed by atoms with Crippen LogP contribution in [-0.2, 0) is 12.7 Å². The molecule has 0 saturated carbocycles. The summed E-state index contributed by atoms with van der Waals surface area (Å²) in [6.45, 7) is 2.30. The van der Waals surface area contributed by atoms with E-state index in [4.69, 9.17) is 11.6 Å². The summed E-state index contributed by atoms with van der Waals surface area (Å²) < 4.78 is 54.2. The smallest absolute Gasteiger partial charge is 0.321 e. The van der Waals surface area contributed by atoms with Crippen LogP contribution in [-0.4, -0.2) is 20.6 Å². The van der Waals surface area contributed by atoms with E-state index < -0.39 is 29.3 Å². The first-order chi connectivity index (χ1) is 15.6. The second kappa shape index (κ2) is 8.70. The van der Waals surface area contributed by atoms with Gasteiger partial charge in [0, 0.05) is 18.4 Å². The maximum Gasteiger partial charge on any atom is 0.416 e. The number of benzene rings is 2. The molecule has 2 aromatic heterocycles. The zero-order valence-corrected chi connectivity index (χ0v) is 17.8. The number of imidazole rings is 1. The summed E-state index contributed by atoms with van der Waals surface area (Å²) in [5.74, 6) is -0.228. The third kappa shape index (κ3) is 4.90. The van der Waals surface area contributed by atoms with Crippen molar-refractivity contribution in [1.29, 1.82) is 0 Å². The Hall–Kier alpha value is -3.66. The number of hydrogen-bond acceptors (Lipinski definition) is 3. The van der Waals surface area contributed by atoms with Crippen LogP contribution in [0, 0.1) is 12.7 Å². The molecule has 0 aliphatic carbocycles. The van der Waals surface area contributed by atoms with Gasteiger partial charge in [0.2, 0.25) is 0 Å². The first-order valence-corrected chi connectivity index (χ1v) is 10.0. The molecule has 2 N–H and O–H groups in total. The molecule has 0 atom stereocenters. The molecule has 0 radical (unpaired) electrons. The van der Waals surface area contributed by atoms with Crippen LogP contribution in [0.25, 0.3) is 11.0 Å². The fourth-order valence-corrected chi connectivity index (χ4v) is 3.56. The van der Waals surface area contributed by atoms with Gasteiger partial charge in [0.25, 0.3) is 0 Å². The fourth-order valence-electron chi connectivity index (χ4n) is 3.31. The van der Waals surface area contributed by atoms with Crippen molar-refractivity contribution in [2.24, 2.45) is 0 Å². The summed E-state index contributed by atoms with van der Waals surface area (Å²) >= 11 is 6.22. The van der Waals surface area contributed by atoms with Crippen molar-refractivity contribution in [3.63, 3.8) is 0 Å². The minimum Gasteiger partial charge on any atom is -0.321 e. The highest BCUT2D eigenvalue weighted by Crippen LogP contribution is 2.32. The average molecular weight is 478 g/mol. The summed E-state index contributed by atoms with van der Waals surface area (Å²) in [6.07, 6.45) is -3.08. The SMILES string of the molecule is Cc1nc2ccnc(Cl)c2n1Cc1ccc(NC(=O)Nc2cc(C(F)(F)F)ccc2F)cc1. The minimum absolute atomic E-state index is 0.338. The van der Waals surface area contributed by atoms with Gasteiger partial charge in [-0.1, -0.05) is 23.7 Å². The maximum absolute atomic E-state index is 13.8.